The largest absolute Gasteiger partial charge is 0.387 e. The van der Waals surface area contributed by atoms with E-state index in [1.807, 2.05) is 6.26 Å². The molecule has 1 unspecified atom stereocenters. The molecule has 3 N–H and O–H groups in total. The first-order valence-electron chi connectivity index (χ1n) is 6.32. The number of nitrogens with one attached hydrogen (secondary N) is 2. The van der Waals surface area contributed by atoms with E-state index in [0.29, 0.717) is 22.0 Å². The summed E-state index contributed by atoms with van der Waals surface area (Å²) in [5.74, 6) is -1.13. The Morgan fingerprint density at radius 2 is 2.05 bits per heavy atom. The van der Waals surface area contributed by atoms with E-state index < -0.39 is 17.4 Å². The summed E-state index contributed by atoms with van der Waals surface area (Å²) in [5, 5.41) is 15.4. The second-order valence-electron chi connectivity index (χ2n) is 4.98. The maximum Gasteiger partial charge on any atom is 0.313 e. The van der Waals surface area contributed by atoms with Crippen LogP contribution in [0.25, 0.3) is 0 Å². The van der Waals surface area contributed by atoms with E-state index in [1.54, 1.807) is 32.0 Å². The van der Waals surface area contributed by atoms with E-state index in [1.165, 1.54) is 11.8 Å². The Labute approximate surface area is 133 Å². The normalized spacial score (nSPS) is 13.4. The molecule has 1 aromatic carbocycles. The number of hydrogen-bond acceptors (Lipinski definition) is 4. The lowest BCUT2D eigenvalue weighted by Gasteiger charge is -2.22. The van der Waals surface area contributed by atoms with Crippen molar-refractivity contribution in [3.05, 3.63) is 28.8 Å². The smallest absolute Gasteiger partial charge is 0.313 e. The Hall–Kier alpha value is -1.24. The summed E-state index contributed by atoms with van der Waals surface area (Å²) in [5.41, 5.74) is 0.120. The Balaban J connectivity index is 2.60. The van der Waals surface area contributed by atoms with E-state index in [0.717, 1.165) is 0 Å². The van der Waals surface area contributed by atoms with Gasteiger partial charge in [0, 0.05) is 23.0 Å². The van der Waals surface area contributed by atoms with Gasteiger partial charge in [0.15, 0.2) is 0 Å². The molecule has 116 valence electrons. The second-order valence-corrected chi connectivity index (χ2v) is 6.25. The molecule has 21 heavy (non-hydrogen) atoms. The molecule has 0 spiro atoms. The Morgan fingerprint density at radius 3 is 2.67 bits per heavy atom. The topological polar surface area (TPSA) is 78.4 Å². The molecular weight excluding hydrogens is 312 g/mol. The molecule has 0 aliphatic heterocycles. The van der Waals surface area contributed by atoms with Crippen molar-refractivity contribution in [2.75, 3.05) is 23.9 Å². The van der Waals surface area contributed by atoms with Crippen molar-refractivity contribution in [1.82, 2.24) is 5.32 Å². The van der Waals surface area contributed by atoms with Gasteiger partial charge in [-0.25, -0.2) is 0 Å². The van der Waals surface area contributed by atoms with Crippen molar-refractivity contribution >= 4 is 40.9 Å². The predicted molar refractivity (Wildman–Crippen MR) is 86.8 cm³/mol. The fourth-order valence-electron chi connectivity index (χ4n) is 1.63. The van der Waals surface area contributed by atoms with E-state index >= 15 is 0 Å². The van der Waals surface area contributed by atoms with Gasteiger partial charge in [0.2, 0.25) is 0 Å². The highest BCUT2D eigenvalue weighted by atomic mass is 35.5. The maximum atomic E-state index is 11.8. The zero-order valence-electron chi connectivity index (χ0n) is 12.2. The van der Waals surface area contributed by atoms with Crippen molar-refractivity contribution in [1.29, 1.82) is 0 Å². The summed E-state index contributed by atoms with van der Waals surface area (Å²) in [6.45, 7) is 3.36. The molecule has 2 amide bonds. The highest BCUT2D eigenvalue weighted by Gasteiger charge is 2.23. The van der Waals surface area contributed by atoms with Gasteiger partial charge in [0.25, 0.3) is 0 Å². The molecule has 1 rings (SSSR count). The van der Waals surface area contributed by atoms with Crippen LogP contribution in [0.2, 0.25) is 5.02 Å². The summed E-state index contributed by atoms with van der Waals surface area (Å²) < 4.78 is 0. The Morgan fingerprint density at radius 1 is 1.38 bits per heavy atom. The number of thioether (sulfide) groups is 1. The quantitative estimate of drug-likeness (QED) is 0.720. The lowest BCUT2D eigenvalue weighted by atomic mass is 10.1. The molecule has 0 saturated heterocycles. The molecule has 0 radical (unpaired) electrons. The summed E-state index contributed by atoms with van der Waals surface area (Å²) in [6, 6.07) is 5.05. The number of benzene rings is 1. The fourth-order valence-corrected chi connectivity index (χ4v) is 2.53. The molecule has 1 aromatic rings. The van der Waals surface area contributed by atoms with E-state index in [4.69, 9.17) is 11.6 Å². The maximum absolute atomic E-state index is 11.8. The minimum Gasteiger partial charge on any atom is -0.387 e. The number of hydrogen-bond donors (Lipinski definition) is 3. The number of carbonyl (C=O) groups is 2. The van der Waals surface area contributed by atoms with Gasteiger partial charge in [-0.05, 0) is 37.8 Å². The van der Waals surface area contributed by atoms with Crippen LogP contribution < -0.4 is 10.6 Å². The number of amides is 2. The van der Waals surface area contributed by atoms with Crippen molar-refractivity contribution in [2.45, 2.75) is 19.4 Å². The number of anilines is 1. The monoisotopic (exact) mass is 330 g/mol. The molecule has 0 aliphatic rings. The average molecular weight is 331 g/mol. The molecule has 0 fully saturated rings. The zero-order chi connectivity index (χ0) is 16.0. The van der Waals surface area contributed by atoms with Gasteiger partial charge in [0.05, 0.1) is 5.60 Å². The first kappa shape index (κ1) is 17.8. The third-order valence-electron chi connectivity index (χ3n) is 2.81. The third kappa shape index (κ3) is 5.57. The first-order valence-corrected chi connectivity index (χ1v) is 8.09. The molecule has 5 nitrogen and oxygen atoms in total. The van der Waals surface area contributed by atoms with Crippen LogP contribution in [-0.4, -0.2) is 41.1 Å². The summed E-state index contributed by atoms with van der Waals surface area (Å²) in [4.78, 5) is 23.5. The number of rotatable bonds is 5. The Bertz CT molecular complexity index is 535. The molecule has 1 atom stereocenters. The van der Waals surface area contributed by atoms with Gasteiger partial charge >= 0.3 is 11.8 Å². The summed E-state index contributed by atoms with van der Waals surface area (Å²) >= 11 is 7.40. The summed E-state index contributed by atoms with van der Waals surface area (Å²) in [6.07, 6.45) is 1.85. The van der Waals surface area contributed by atoms with Crippen LogP contribution in [0.1, 0.15) is 12.5 Å². The van der Waals surface area contributed by atoms with E-state index in [9.17, 15) is 14.7 Å². The minimum absolute atomic E-state index is 0.00855. The van der Waals surface area contributed by atoms with Crippen LogP contribution in [0.4, 0.5) is 5.69 Å². The second kappa shape index (κ2) is 7.68. The highest BCUT2D eigenvalue weighted by Crippen LogP contribution is 2.22. The van der Waals surface area contributed by atoms with Crippen LogP contribution in [-0.2, 0) is 9.59 Å². The van der Waals surface area contributed by atoms with Crippen molar-refractivity contribution < 1.29 is 14.7 Å². The van der Waals surface area contributed by atoms with Crippen LogP contribution in [0.5, 0.6) is 0 Å². The molecule has 0 aromatic heterocycles. The molecular formula is C14H19ClN2O3S. The molecule has 0 aliphatic carbocycles. The highest BCUT2D eigenvalue weighted by molar-refractivity contribution is 7.98. The zero-order valence-corrected chi connectivity index (χ0v) is 13.8. The molecule has 0 heterocycles. The Kier molecular flexibility index (Phi) is 6.51. The van der Waals surface area contributed by atoms with Crippen molar-refractivity contribution in [3.8, 4) is 0 Å². The standard InChI is InChI=1S/C14H19ClN2O3S/c1-9-10(15)5-4-6-11(9)17-13(19)12(18)16-7-14(2,20)8-21-3/h4-6,20H,7-8H2,1-3H3,(H,16,18)(H,17,19). The predicted octanol–water partition coefficient (Wildman–Crippen LogP) is 1.82. The van der Waals surface area contributed by atoms with Gasteiger partial charge in [0.1, 0.15) is 0 Å². The third-order valence-corrected chi connectivity index (χ3v) is 4.13. The van der Waals surface area contributed by atoms with Crippen molar-refractivity contribution in [2.24, 2.45) is 0 Å². The van der Waals surface area contributed by atoms with Gasteiger partial charge in [-0.3, -0.25) is 9.59 Å². The fraction of sp³-hybridized carbons (Fsp3) is 0.429. The minimum atomic E-state index is -1.05. The lowest BCUT2D eigenvalue weighted by Crippen LogP contribution is -2.45. The van der Waals surface area contributed by atoms with Crippen LogP contribution in [0, 0.1) is 6.92 Å². The molecule has 7 heteroatoms. The van der Waals surface area contributed by atoms with E-state index in [2.05, 4.69) is 10.6 Å². The van der Waals surface area contributed by atoms with Gasteiger partial charge < -0.3 is 15.7 Å². The average Bonchev–Trinajstić information content (AvgIpc) is 2.41. The van der Waals surface area contributed by atoms with Gasteiger partial charge in [-0.15, -0.1) is 0 Å². The van der Waals surface area contributed by atoms with Crippen molar-refractivity contribution in [3.63, 3.8) is 0 Å². The number of halogens is 1. The van der Waals surface area contributed by atoms with Crippen LogP contribution in [0.3, 0.4) is 0 Å². The van der Waals surface area contributed by atoms with Crippen LogP contribution >= 0.6 is 23.4 Å². The lowest BCUT2D eigenvalue weighted by molar-refractivity contribution is -0.136. The number of aliphatic hydroxyl groups is 1. The first-order chi connectivity index (χ1) is 9.76. The number of carbonyl (C=O) groups excluding carboxylic acids is 2. The van der Waals surface area contributed by atoms with E-state index in [-0.39, 0.29) is 6.54 Å². The van der Waals surface area contributed by atoms with Gasteiger partial charge in [-0.1, -0.05) is 17.7 Å². The van der Waals surface area contributed by atoms with Gasteiger partial charge in [-0.2, -0.15) is 11.8 Å². The molecule has 0 saturated carbocycles. The summed E-state index contributed by atoms with van der Waals surface area (Å²) in [7, 11) is 0. The SMILES string of the molecule is CSCC(C)(O)CNC(=O)C(=O)Nc1cccc(Cl)c1C. The molecule has 0 bridgehead atoms. The van der Waals surface area contributed by atoms with Crippen LogP contribution in [0.15, 0.2) is 18.2 Å².